The van der Waals surface area contributed by atoms with Crippen molar-refractivity contribution in [2.24, 2.45) is 0 Å². The fourth-order valence-corrected chi connectivity index (χ4v) is 7.67. The molecule has 0 saturated carbocycles. The zero-order chi connectivity index (χ0) is 32.0. The first-order valence-corrected chi connectivity index (χ1v) is 16.9. The third kappa shape index (κ3) is 5.43. The van der Waals surface area contributed by atoms with Crippen LogP contribution in [0.15, 0.2) is 152 Å². The van der Waals surface area contributed by atoms with Crippen LogP contribution in [0.2, 0.25) is 0 Å². The molecule has 0 bridgehead atoms. The highest BCUT2D eigenvalue weighted by molar-refractivity contribution is 7.26. The summed E-state index contributed by atoms with van der Waals surface area (Å²) in [7, 11) is 0. The average Bonchev–Trinajstić information content (AvgIpc) is 3.51. The molecular formula is C44H34N2S. The van der Waals surface area contributed by atoms with Gasteiger partial charge in [0.05, 0.1) is 11.4 Å². The van der Waals surface area contributed by atoms with E-state index in [1.807, 2.05) is 29.5 Å². The summed E-state index contributed by atoms with van der Waals surface area (Å²) in [6.07, 6.45) is 0. The van der Waals surface area contributed by atoms with E-state index >= 15 is 0 Å². The summed E-state index contributed by atoms with van der Waals surface area (Å²) in [4.78, 5) is 10.3. The van der Waals surface area contributed by atoms with Crippen LogP contribution in [-0.4, -0.2) is 9.97 Å². The lowest BCUT2D eigenvalue weighted by molar-refractivity contribution is 0.590. The molecule has 0 spiro atoms. The van der Waals surface area contributed by atoms with Crippen LogP contribution >= 0.6 is 11.3 Å². The highest BCUT2D eigenvalue weighted by Crippen LogP contribution is 2.44. The SMILES string of the molecule is CC(C)(C)c1ccc(-c2cc(-c3ccccc3-c3ccccc3-c3cccc4c3sc3ccccc34)nc(-c3ccccc3)n2)cc1. The fraction of sp³-hybridized carbons (Fsp3) is 0.0909. The maximum atomic E-state index is 5.21. The van der Waals surface area contributed by atoms with Gasteiger partial charge in [-0.05, 0) is 39.8 Å². The van der Waals surface area contributed by atoms with Crippen molar-refractivity contribution in [1.29, 1.82) is 0 Å². The minimum absolute atomic E-state index is 0.0804. The topological polar surface area (TPSA) is 25.8 Å². The first-order valence-electron chi connectivity index (χ1n) is 16.1. The Bertz CT molecular complexity index is 2380. The van der Waals surface area contributed by atoms with Crippen molar-refractivity contribution in [2.45, 2.75) is 26.2 Å². The van der Waals surface area contributed by atoms with Crippen molar-refractivity contribution in [3.05, 3.63) is 157 Å². The van der Waals surface area contributed by atoms with Gasteiger partial charge in [-0.1, -0.05) is 160 Å². The number of fused-ring (bicyclic) bond motifs is 3. The van der Waals surface area contributed by atoms with Crippen LogP contribution in [0.1, 0.15) is 26.3 Å². The van der Waals surface area contributed by atoms with Crippen molar-refractivity contribution < 1.29 is 0 Å². The standard InChI is InChI=1S/C44H34N2S/c1-44(2,3)31-26-24-29(25-27-31)39-28-40(46-43(45-39)30-14-5-4-6-15-30)35-19-10-9-17-33(35)32-16-7-8-18-34(32)37-21-13-22-38-36-20-11-12-23-41(36)47-42(37)38/h4-28H,1-3H3. The molecular weight excluding hydrogens is 589 g/mol. The second-order valence-electron chi connectivity index (χ2n) is 13.0. The lowest BCUT2D eigenvalue weighted by Gasteiger charge is -2.19. The van der Waals surface area contributed by atoms with Crippen LogP contribution in [0.25, 0.3) is 76.3 Å². The van der Waals surface area contributed by atoms with Crippen molar-refractivity contribution in [1.82, 2.24) is 9.97 Å². The largest absolute Gasteiger partial charge is 0.228 e. The second kappa shape index (κ2) is 11.8. The van der Waals surface area contributed by atoms with E-state index in [0.29, 0.717) is 0 Å². The molecule has 3 heteroatoms. The number of benzene rings is 6. The first-order chi connectivity index (χ1) is 22.9. The lowest BCUT2D eigenvalue weighted by Crippen LogP contribution is -2.10. The molecule has 0 fully saturated rings. The molecule has 2 heterocycles. The molecule has 0 aliphatic carbocycles. The molecule has 226 valence electrons. The smallest absolute Gasteiger partial charge is 0.160 e. The quantitative estimate of drug-likeness (QED) is 0.191. The summed E-state index contributed by atoms with van der Waals surface area (Å²) in [5.74, 6) is 0.719. The van der Waals surface area contributed by atoms with Crippen molar-refractivity contribution in [3.63, 3.8) is 0 Å². The van der Waals surface area contributed by atoms with Crippen LogP contribution in [0.4, 0.5) is 0 Å². The van der Waals surface area contributed by atoms with E-state index in [1.165, 1.54) is 42.4 Å². The van der Waals surface area contributed by atoms with E-state index in [-0.39, 0.29) is 5.41 Å². The molecule has 8 aromatic rings. The minimum Gasteiger partial charge on any atom is -0.228 e. The normalized spacial score (nSPS) is 11.7. The third-order valence-corrected chi connectivity index (χ3v) is 10.1. The van der Waals surface area contributed by atoms with Gasteiger partial charge >= 0.3 is 0 Å². The van der Waals surface area contributed by atoms with Gasteiger partial charge in [-0.15, -0.1) is 11.3 Å². The van der Waals surface area contributed by atoms with Crippen LogP contribution in [-0.2, 0) is 5.41 Å². The molecule has 0 aliphatic heterocycles. The van der Waals surface area contributed by atoms with E-state index in [0.717, 1.165) is 39.5 Å². The summed E-state index contributed by atoms with van der Waals surface area (Å²) >= 11 is 1.87. The van der Waals surface area contributed by atoms with E-state index < -0.39 is 0 Å². The Morgan fingerprint density at radius 1 is 0.447 bits per heavy atom. The zero-order valence-corrected chi connectivity index (χ0v) is 27.6. The second-order valence-corrected chi connectivity index (χ2v) is 14.1. The molecule has 2 nitrogen and oxygen atoms in total. The number of hydrogen-bond acceptors (Lipinski definition) is 3. The molecule has 0 radical (unpaired) electrons. The molecule has 2 aromatic heterocycles. The number of hydrogen-bond donors (Lipinski definition) is 0. The van der Waals surface area contributed by atoms with Gasteiger partial charge in [-0.2, -0.15) is 0 Å². The van der Waals surface area contributed by atoms with Gasteiger partial charge in [0, 0.05) is 42.4 Å². The van der Waals surface area contributed by atoms with E-state index in [9.17, 15) is 0 Å². The predicted molar refractivity (Wildman–Crippen MR) is 201 cm³/mol. The van der Waals surface area contributed by atoms with Gasteiger partial charge in [0.1, 0.15) is 0 Å². The Morgan fingerprint density at radius 2 is 1.00 bits per heavy atom. The number of aromatic nitrogens is 2. The zero-order valence-electron chi connectivity index (χ0n) is 26.7. The molecule has 0 unspecified atom stereocenters. The maximum absolute atomic E-state index is 5.21. The van der Waals surface area contributed by atoms with Crippen LogP contribution in [0.3, 0.4) is 0 Å². The van der Waals surface area contributed by atoms with E-state index in [1.54, 1.807) is 0 Å². The summed E-state index contributed by atoms with van der Waals surface area (Å²) in [5, 5.41) is 2.61. The summed E-state index contributed by atoms with van der Waals surface area (Å²) in [5.41, 5.74) is 11.1. The molecule has 0 saturated heterocycles. The van der Waals surface area contributed by atoms with Gasteiger partial charge in [0.2, 0.25) is 0 Å². The van der Waals surface area contributed by atoms with Crippen LogP contribution in [0, 0.1) is 0 Å². The van der Waals surface area contributed by atoms with Gasteiger partial charge in [-0.25, -0.2) is 9.97 Å². The summed E-state index contributed by atoms with van der Waals surface area (Å²) < 4.78 is 2.62. The van der Waals surface area contributed by atoms with Crippen LogP contribution in [0.5, 0.6) is 0 Å². The Hall–Kier alpha value is -5.38. The Balaban J connectivity index is 1.32. The number of thiophene rings is 1. The Kier molecular flexibility index (Phi) is 7.27. The van der Waals surface area contributed by atoms with Gasteiger partial charge in [-0.3, -0.25) is 0 Å². The molecule has 47 heavy (non-hydrogen) atoms. The van der Waals surface area contributed by atoms with E-state index in [4.69, 9.17) is 9.97 Å². The molecule has 0 N–H and O–H groups in total. The summed E-state index contributed by atoms with van der Waals surface area (Å²) in [6.45, 7) is 6.73. The maximum Gasteiger partial charge on any atom is 0.160 e. The highest BCUT2D eigenvalue weighted by Gasteiger charge is 2.19. The van der Waals surface area contributed by atoms with Crippen molar-refractivity contribution in [2.75, 3.05) is 0 Å². The minimum atomic E-state index is 0.0804. The number of rotatable bonds is 5. The van der Waals surface area contributed by atoms with Crippen LogP contribution < -0.4 is 0 Å². The Labute approximate surface area is 280 Å². The molecule has 0 atom stereocenters. The monoisotopic (exact) mass is 622 g/mol. The predicted octanol–water partition coefficient (Wildman–Crippen LogP) is 12.5. The fourth-order valence-electron chi connectivity index (χ4n) is 6.44. The first kappa shape index (κ1) is 29.1. The van der Waals surface area contributed by atoms with Crippen molar-refractivity contribution in [3.8, 4) is 56.2 Å². The number of nitrogens with zero attached hydrogens (tertiary/aromatic N) is 2. The third-order valence-electron chi connectivity index (χ3n) is 8.92. The van der Waals surface area contributed by atoms with E-state index in [2.05, 4.69) is 154 Å². The van der Waals surface area contributed by atoms with Crippen molar-refractivity contribution >= 4 is 31.5 Å². The van der Waals surface area contributed by atoms with Gasteiger partial charge < -0.3 is 0 Å². The molecule has 8 rings (SSSR count). The lowest BCUT2D eigenvalue weighted by atomic mass is 9.86. The molecule has 0 amide bonds. The molecule has 0 aliphatic rings. The molecule has 6 aromatic carbocycles. The van der Waals surface area contributed by atoms with Gasteiger partial charge in [0.15, 0.2) is 5.82 Å². The average molecular weight is 623 g/mol. The summed E-state index contributed by atoms with van der Waals surface area (Å²) in [6, 6.07) is 54.1. The highest BCUT2D eigenvalue weighted by atomic mass is 32.1. The van der Waals surface area contributed by atoms with Gasteiger partial charge in [0.25, 0.3) is 0 Å². The Morgan fingerprint density at radius 3 is 1.72 bits per heavy atom.